The van der Waals surface area contributed by atoms with Gasteiger partial charge in [0.1, 0.15) is 0 Å². The van der Waals surface area contributed by atoms with Gasteiger partial charge in [-0.05, 0) is 32.8 Å². The molecule has 0 amide bonds. The Morgan fingerprint density at radius 1 is 1.33 bits per heavy atom. The number of hydrogen-bond donors (Lipinski definition) is 2. The normalized spacial score (nSPS) is 17.7. The lowest BCUT2D eigenvalue weighted by Gasteiger charge is -2.28. The first-order valence-corrected chi connectivity index (χ1v) is 6.31. The van der Waals surface area contributed by atoms with E-state index in [4.69, 9.17) is 5.11 Å². The van der Waals surface area contributed by atoms with Gasteiger partial charge in [0.05, 0.1) is 12.0 Å². The van der Waals surface area contributed by atoms with Crippen molar-refractivity contribution in [3.8, 4) is 0 Å². The van der Waals surface area contributed by atoms with Crippen LogP contribution in [0.15, 0.2) is 6.07 Å². The van der Waals surface area contributed by atoms with E-state index in [1.54, 1.807) is 0 Å². The maximum atomic E-state index is 11.0. The zero-order valence-electron chi connectivity index (χ0n) is 10.9. The molecule has 0 spiro atoms. The predicted octanol–water partition coefficient (Wildman–Crippen LogP) is 2.29. The number of carboxylic acids is 1. The summed E-state index contributed by atoms with van der Waals surface area (Å²) >= 11 is 0. The Morgan fingerprint density at radius 3 is 2.39 bits per heavy atom. The summed E-state index contributed by atoms with van der Waals surface area (Å²) in [6, 6.07) is 1.91. The summed E-state index contributed by atoms with van der Waals surface area (Å²) in [6.45, 7) is 3.83. The van der Waals surface area contributed by atoms with Gasteiger partial charge >= 0.3 is 5.97 Å². The topological polar surface area (TPSA) is 75.1 Å². The molecule has 5 nitrogen and oxygen atoms in total. The number of rotatable bonds is 4. The van der Waals surface area contributed by atoms with Crippen molar-refractivity contribution in [3.05, 3.63) is 17.5 Å². The molecule has 2 N–H and O–H groups in total. The van der Waals surface area contributed by atoms with Crippen LogP contribution in [0, 0.1) is 13.8 Å². The maximum absolute atomic E-state index is 11.0. The third-order valence-corrected chi connectivity index (χ3v) is 3.41. The Bertz CT molecular complexity index is 433. The van der Waals surface area contributed by atoms with Crippen molar-refractivity contribution < 1.29 is 9.90 Å². The second kappa shape index (κ2) is 4.92. The number of carbonyl (C=O) groups is 1. The number of carboxylic acid groups (broad SMARTS) is 1. The van der Waals surface area contributed by atoms with Crippen LogP contribution in [0.5, 0.6) is 0 Å². The molecular formula is C13H19N3O2. The number of nitrogens with one attached hydrogen (secondary N) is 1. The van der Waals surface area contributed by atoms with Crippen molar-refractivity contribution in [1.29, 1.82) is 0 Å². The van der Waals surface area contributed by atoms with Crippen LogP contribution in [0.1, 0.15) is 43.5 Å². The average Bonchev–Trinajstić information content (AvgIpc) is 2.63. The summed E-state index contributed by atoms with van der Waals surface area (Å²) in [5, 5.41) is 12.3. The van der Waals surface area contributed by atoms with Crippen LogP contribution in [0.2, 0.25) is 0 Å². The van der Waals surface area contributed by atoms with Crippen molar-refractivity contribution in [1.82, 2.24) is 9.97 Å². The number of aryl methyl sites for hydroxylation is 2. The molecule has 1 aliphatic rings. The van der Waals surface area contributed by atoms with Gasteiger partial charge in [0, 0.05) is 11.4 Å². The molecule has 1 heterocycles. The van der Waals surface area contributed by atoms with Crippen LogP contribution in [-0.4, -0.2) is 26.6 Å². The van der Waals surface area contributed by atoms with Gasteiger partial charge in [-0.2, -0.15) is 0 Å². The summed E-state index contributed by atoms with van der Waals surface area (Å²) in [4.78, 5) is 19.7. The van der Waals surface area contributed by atoms with E-state index in [2.05, 4.69) is 15.3 Å². The molecule has 1 saturated carbocycles. The Balaban J connectivity index is 2.20. The monoisotopic (exact) mass is 249 g/mol. The highest BCUT2D eigenvalue weighted by atomic mass is 16.4. The van der Waals surface area contributed by atoms with Gasteiger partial charge in [0.2, 0.25) is 5.95 Å². The molecular weight excluding hydrogens is 230 g/mol. The van der Waals surface area contributed by atoms with Crippen LogP contribution >= 0.6 is 0 Å². The Morgan fingerprint density at radius 2 is 1.89 bits per heavy atom. The molecule has 0 unspecified atom stereocenters. The molecule has 1 aliphatic carbocycles. The number of aliphatic carboxylic acids is 1. The van der Waals surface area contributed by atoms with E-state index in [9.17, 15) is 4.79 Å². The first-order chi connectivity index (χ1) is 8.49. The first-order valence-electron chi connectivity index (χ1n) is 6.31. The second-order valence-corrected chi connectivity index (χ2v) is 5.16. The smallest absolute Gasteiger partial charge is 0.305 e. The van der Waals surface area contributed by atoms with Crippen LogP contribution in [0.4, 0.5) is 5.95 Å². The third kappa shape index (κ3) is 2.97. The minimum absolute atomic E-state index is 0.128. The van der Waals surface area contributed by atoms with Gasteiger partial charge in [-0.15, -0.1) is 0 Å². The standard InChI is InChI=1S/C13H19N3O2/c1-9-7-10(2)15-12(14-9)16-13(8-11(17)18)5-3-4-6-13/h7H,3-6,8H2,1-2H3,(H,17,18)(H,14,15,16). The van der Waals surface area contributed by atoms with Crippen LogP contribution in [-0.2, 0) is 4.79 Å². The lowest BCUT2D eigenvalue weighted by atomic mass is 9.93. The van der Waals surface area contributed by atoms with Crippen molar-refractivity contribution in [3.63, 3.8) is 0 Å². The molecule has 0 bridgehead atoms. The van der Waals surface area contributed by atoms with E-state index in [1.165, 1.54) is 0 Å². The number of aromatic nitrogens is 2. The average molecular weight is 249 g/mol. The van der Waals surface area contributed by atoms with E-state index in [0.29, 0.717) is 5.95 Å². The van der Waals surface area contributed by atoms with Gasteiger partial charge in [0.25, 0.3) is 0 Å². The third-order valence-electron chi connectivity index (χ3n) is 3.41. The zero-order chi connectivity index (χ0) is 13.2. The Labute approximate surface area is 107 Å². The maximum Gasteiger partial charge on any atom is 0.305 e. The number of hydrogen-bond acceptors (Lipinski definition) is 4. The highest BCUT2D eigenvalue weighted by molar-refractivity contribution is 5.69. The zero-order valence-corrected chi connectivity index (χ0v) is 10.9. The lowest BCUT2D eigenvalue weighted by molar-refractivity contribution is -0.138. The van der Waals surface area contributed by atoms with Gasteiger partial charge in [0.15, 0.2) is 0 Å². The van der Waals surface area contributed by atoms with E-state index < -0.39 is 5.97 Å². The van der Waals surface area contributed by atoms with Gasteiger partial charge in [-0.25, -0.2) is 9.97 Å². The largest absolute Gasteiger partial charge is 0.481 e. The molecule has 0 radical (unpaired) electrons. The van der Waals surface area contributed by atoms with E-state index in [-0.39, 0.29) is 12.0 Å². The fraction of sp³-hybridized carbons (Fsp3) is 0.615. The first kappa shape index (κ1) is 12.8. The highest BCUT2D eigenvalue weighted by Gasteiger charge is 2.36. The summed E-state index contributed by atoms with van der Waals surface area (Å²) in [5.74, 6) is -0.218. The van der Waals surface area contributed by atoms with Crippen molar-refractivity contribution in [2.45, 2.75) is 51.5 Å². The summed E-state index contributed by atoms with van der Waals surface area (Å²) in [6.07, 6.45) is 3.99. The molecule has 0 saturated heterocycles. The van der Waals surface area contributed by atoms with E-state index in [0.717, 1.165) is 37.1 Å². The minimum Gasteiger partial charge on any atom is -0.481 e. The Kier molecular flexibility index (Phi) is 3.50. The van der Waals surface area contributed by atoms with Crippen molar-refractivity contribution in [2.24, 2.45) is 0 Å². The van der Waals surface area contributed by atoms with Crippen molar-refractivity contribution >= 4 is 11.9 Å². The number of nitrogens with zero attached hydrogens (tertiary/aromatic N) is 2. The fourth-order valence-electron chi connectivity index (χ4n) is 2.71. The van der Waals surface area contributed by atoms with Crippen LogP contribution in [0.25, 0.3) is 0 Å². The summed E-state index contributed by atoms with van der Waals surface area (Å²) < 4.78 is 0. The number of anilines is 1. The summed E-state index contributed by atoms with van der Waals surface area (Å²) in [5.41, 5.74) is 1.42. The molecule has 1 aromatic rings. The summed E-state index contributed by atoms with van der Waals surface area (Å²) in [7, 11) is 0. The van der Waals surface area contributed by atoms with Gasteiger partial charge < -0.3 is 10.4 Å². The van der Waals surface area contributed by atoms with Crippen LogP contribution < -0.4 is 5.32 Å². The second-order valence-electron chi connectivity index (χ2n) is 5.16. The quantitative estimate of drug-likeness (QED) is 0.856. The molecule has 0 aliphatic heterocycles. The van der Waals surface area contributed by atoms with Gasteiger partial charge in [-0.1, -0.05) is 12.8 Å². The fourth-order valence-corrected chi connectivity index (χ4v) is 2.71. The molecule has 2 rings (SSSR count). The molecule has 1 aromatic heterocycles. The SMILES string of the molecule is Cc1cc(C)nc(NC2(CC(=O)O)CCCC2)n1. The van der Waals surface area contributed by atoms with Crippen LogP contribution in [0.3, 0.4) is 0 Å². The Hall–Kier alpha value is -1.65. The van der Waals surface area contributed by atoms with Gasteiger partial charge in [-0.3, -0.25) is 4.79 Å². The molecule has 0 atom stereocenters. The van der Waals surface area contributed by atoms with E-state index >= 15 is 0 Å². The molecule has 18 heavy (non-hydrogen) atoms. The lowest BCUT2D eigenvalue weighted by Crippen LogP contribution is -2.38. The molecule has 1 fully saturated rings. The van der Waals surface area contributed by atoms with Crippen molar-refractivity contribution in [2.75, 3.05) is 5.32 Å². The molecule has 5 heteroatoms. The molecule has 0 aromatic carbocycles. The predicted molar refractivity (Wildman–Crippen MR) is 68.6 cm³/mol. The molecule has 98 valence electrons. The minimum atomic E-state index is -0.770. The highest BCUT2D eigenvalue weighted by Crippen LogP contribution is 2.35. The van der Waals surface area contributed by atoms with E-state index in [1.807, 2.05) is 19.9 Å².